The minimum absolute atomic E-state index is 0.0243. The second-order valence-corrected chi connectivity index (χ2v) is 13.9. The molecule has 36 heavy (non-hydrogen) atoms. The Balaban J connectivity index is 1.39. The predicted molar refractivity (Wildman–Crippen MR) is 126 cm³/mol. The van der Waals surface area contributed by atoms with Crippen molar-refractivity contribution in [1.29, 1.82) is 0 Å². The van der Waals surface area contributed by atoms with E-state index < -0.39 is 27.9 Å². The monoisotopic (exact) mass is 532 g/mol. The number of alkyl halides is 2. The average Bonchev–Trinajstić information content (AvgIpc) is 3.14. The van der Waals surface area contributed by atoms with Crippen LogP contribution in [0.2, 0.25) is 0 Å². The normalized spacial score (nSPS) is 39.7. The van der Waals surface area contributed by atoms with Crippen LogP contribution in [0.5, 0.6) is 0 Å². The number of halogens is 2. The Morgan fingerprint density at radius 1 is 1.11 bits per heavy atom. The molecule has 0 heterocycles. The van der Waals surface area contributed by atoms with Gasteiger partial charge in [-0.1, -0.05) is 20.8 Å². The zero-order valence-electron chi connectivity index (χ0n) is 21.3. The molecule has 4 fully saturated rings. The molecule has 0 spiro atoms. The fourth-order valence-corrected chi connectivity index (χ4v) is 8.88. The van der Waals surface area contributed by atoms with Crippen molar-refractivity contribution < 1.29 is 40.9 Å². The molecule has 1 N–H and O–H groups in total. The molecule has 4 aliphatic carbocycles. The van der Waals surface area contributed by atoms with Crippen molar-refractivity contribution in [2.45, 2.75) is 90.2 Å². The number of hydrogen-bond donors (Lipinski definition) is 1. The highest BCUT2D eigenvalue weighted by Crippen LogP contribution is 2.67. The van der Waals surface area contributed by atoms with Crippen molar-refractivity contribution in [2.24, 2.45) is 46.3 Å². The maximum Gasteiger partial charge on any atom is 0.402 e. The molecule has 4 saturated carbocycles. The third kappa shape index (κ3) is 4.65. The van der Waals surface area contributed by atoms with Crippen molar-refractivity contribution in [2.75, 3.05) is 6.61 Å². The number of hydrogen-bond acceptors (Lipinski definition) is 6. The van der Waals surface area contributed by atoms with Crippen LogP contribution in [0.1, 0.15) is 85.0 Å². The first kappa shape index (κ1) is 27.6. The summed E-state index contributed by atoms with van der Waals surface area (Å²) in [6.45, 7) is 4.88. The molecule has 7 nitrogen and oxygen atoms in total. The quantitative estimate of drug-likeness (QED) is 0.369. The van der Waals surface area contributed by atoms with Gasteiger partial charge in [-0.3, -0.25) is 18.9 Å². The predicted octanol–water partition coefficient (Wildman–Crippen LogP) is 4.83. The minimum Gasteiger partial charge on any atom is -0.458 e. The molecule has 1 unspecified atom stereocenters. The lowest BCUT2D eigenvalue weighted by atomic mass is 9.44. The van der Waals surface area contributed by atoms with Crippen molar-refractivity contribution >= 4 is 27.7 Å². The first-order valence-corrected chi connectivity index (χ1v) is 14.6. The SMILES string of the molecule is C[C@H](CCC(=O)OCC(F)(F)S(=O)(=O)O)[C@H]1CC[C@H]2[C@@H]3CC(=O)C4CC(=O)CC[C@]4(C)[C@H]3CC[C@]12C. The molecule has 0 amide bonds. The summed E-state index contributed by atoms with van der Waals surface area (Å²) in [6.07, 6.45) is 6.68. The maximum atomic E-state index is 13.3. The van der Waals surface area contributed by atoms with Crippen molar-refractivity contribution in [3.05, 3.63) is 0 Å². The lowest BCUT2D eigenvalue weighted by Crippen LogP contribution is -2.56. The van der Waals surface area contributed by atoms with Crippen LogP contribution in [0.25, 0.3) is 0 Å². The van der Waals surface area contributed by atoms with Crippen LogP contribution in [0, 0.1) is 46.3 Å². The molecule has 8 atom stereocenters. The second-order valence-electron chi connectivity index (χ2n) is 12.4. The lowest BCUT2D eigenvalue weighted by Gasteiger charge is -2.59. The van der Waals surface area contributed by atoms with Gasteiger partial charge >= 0.3 is 21.3 Å². The van der Waals surface area contributed by atoms with E-state index in [0.717, 1.165) is 32.1 Å². The number of carbonyl (C=O) groups excluding carboxylic acids is 3. The van der Waals surface area contributed by atoms with Crippen LogP contribution >= 0.6 is 0 Å². The molecule has 10 heteroatoms. The van der Waals surface area contributed by atoms with Gasteiger partial charge in [-0.25, -0.2) is 0 Å². The first-order chi connectivity index (χ1) is 16.6. The third-order valence-electron chi connectivity index (χ3n) is 10.6. The topological polar surface area (TPSA) is 115 Å². The van der Waals surface area contributed by atoms with Gasteiger partial charge in [0.25, 0.3) is 0 Å². The Hall–Kier alpha value is -1.42. The fraction of sp³-hybridized carbons (Fsp3) is 0.885. The van der Waals surface area contributed by atoms with E-state index in [9.17, 15) is 31.6 Å². The molecule has 4 aliphatic rings. The zero-order chi connectivity index (χ0) is 26.7. The van der Waals surface area contributed by atoms with E-state index in [0.29, 0.717) is 49.4 Å². The number of fused-ring (bicyclic) bond motifs is 5. The molecule has 0 aromatic rings. The highest BCUT2D eigenvalue weighted by Gasteiger charge is 2.62. The summed E-state index contributed by atoms with van der Waals surface area (Å²) in [4.78, 5) is 37.3. The highest BCUT2D eigenvalue weighted by atomic mass is 32.2. The fourth-order valence-electron chi connectivity index (χ4n) is 8.67. The maximum absolute atomic E-state index is 13.3. The largest absolute Gasteiger partial charge is 0.458 e. The van der Waals surface area contributed by atoms with Crippen LogP contribution in [-0.4, -0.2) is 42.4 Å². The molecule has 0 aromatic carbocycles. The van der Waals surface area contributed by atoms with Gasteiger partial charge in [-0.05, 0) is 78.9 Å². The van der Waals surface area contributed by atoms with Crippen molar-refractivity contribution in [3.8, 4) is 0 Å². The molecular formula is C26H38F2O7S. The van der Waals surface area contributed by atoms with E-state index in [-0.39, 0.29) is 40.7 Å². The Labute approximate surface area is 211 Å². The van der Waals surface area contributed by atoms with E-state index >= 15 is 0 Å². The summed E-state index contributed by atoms with van der Waals surface area (Å²) in [5, 5.41) is -4.53. The van der Waals surface area contributed by atoms with Crippen LogP contribution < -0.4 is 0 Å². The molecule has 0 bridgehead atoms. The van der Waals surface area contributed by atoms with Gasteiger partial charge in [-0.2, -0.15) is 17.2 Å². The first-order valence-electron chi connectivity index (χ1n) is 13.1. The van der Waals surface area contributed by atoms with Crippen LogP contribution in [0.15, 0.2) is 0 Å². The van der Waals surface area contributed by atoms with Gasteiger partial charge in [0, 0.05) is 31.6 Å². The molecule has 204 valence electrons. The molecule has 0 aromatic heterocycles. The van der Waals surface area contributed by atoms with Gasteiger partial charge in [-0.15, -0.1) is 0 Å². The smallest absolute Gasteiger partial charge is 0.402 e. The molecule has 0 aliphatic heterocycles. The minimum atomic E-state index is -5.64. The molecular weight excluding hydrogens is 494 g/mol. The number of rotatable bonds is 7. The van der Waals surface area contributed by atoms with Gasteiger partial charge in [0.1, 0.15) is 11.6 Å². The van der Waals surface area contributed by atoms with Crippen LogP contribution in [-0.2, 0) is 29.2 Å². The third-order valence-corrected chi connectivity index (χ3v) is 11.5. The molecule has 0 radical (unpaired) electrons. The van der Waals surface area contributed by atoms with Crippen LogP contribution in [0.3, 0.4) is 0 Å². The molecule has 0 saturated heterocycles. The number of ketones is 2. The van der Waals surface area contributed by atoms with E-state index in [4.69, 9.17) is 4.55 Å². The second kappa shape index (κ2) is 9.40. The van der Waals surface area contributed by atoms with Crippen molar-refractivity contribution in [3.63, 3.8) is 0 Å². The summed E-state index contributed by atoms with van der Waals surface area (Å²) in [6, 6.07) is 0. The number of carbonyl (C=O) groups is 3. The Bertz CT molecular complexity index is 1030. The summed E-state index contributed by atoms with van der Waals surface area (Å²) in [7, 11) is -5.64. The van der Waals surface area contributed by atoms with Gasteiger partial charge in [0.05, 0.1) is 0 Å². The summed E-state index contributed by atoms with van der Waals surface area (Å²) < 4.78 is 61.0. The van der Waals surface area contributed by atoms with E-state index in [2.05, 4.69) is 25.5 Å². The van der Waals surface area contributed by atoms with Crippen molar-refractivity contribution in [1.82, 2.24) is 0 Å². The standard InChI is InChI=1S/C26H38F2O7S/c1-15(4-7-23(31)35-14-26(27,28)36(32,33)34)18-5-6-19-17-13-22(30)21-12-16(29)8-10-25(21,3)20(17)9-11-24(18,19)2/h15,17-21H,4-14H2,1-3H3,(H,32,33,34)/t15-,17+,18-,19+,20+,21?,24-,25-/m1/s1. The summed E-state index contributed by atoms with van der Waals surface area (Å²) in [5.41, 5.74) is -0.0801. The summed E-state index contributed by atoms with van der Waals surface area (Å²) >= 11 is 0. The number of esters is 1. The number of Topliss-reactive ketones (excluding diaryl/α,β-unsaturated/α-hetero) is 2. The molecule has 4 rings (SSSR count). The average molecular weight is 533 g/mol. The lowest BCUT2D eigenvalue weighted by molar-refractivity contribution is -0.159. The summed E-state index contributed by atoms with van der Waals surface area (Å²) in [5.74, 6) is 1.01. The van der Waals surface area contributed by atoms with E-state index in [1.165, 1.54) is 0 Å². The Morgan fingerprint density at radius 3 is 2.44 bits per heavy atom. The zero-order valence-corrected chi connectivity index (χ0v) is 22.1. The Kier molecular flexibility index (Phi) is 7.21. The van der Waals surface area contributed by atoms with E-state index in [1.807, 2.05) is 0 Å². The van der Waals surface area contributed by atoms with Crippen LogP contribution in [0.4, 0.5) is 8.78 Å². The number of ether oxygens (including phenoxy) is 1. The Morgan fingerprint density at radius 2 is 1.78 bits per heavy atom. The van der Waals surface area contributed by atoms with E-state index in [1.54, 1.807) is 0 Å². The highest BCUT2D eigenvalue weighted by molar-refractivity contribution is 7.86. The van der Waals surface area contributed by atoms with Gasteiger partial charge in [0.2, 0.25) is 0 Å². The van der Waals surface area contributed by atoms with Gasteiger partial charge in [0.15, 0.2) is 6.61 Å². The van der Waals surface area contributed by atoms with Gasteiger partial charge < -0.3 is 4.74 Å².